The van der Waals surface area contributed by atoms with E-state index >= 15 is 0 Å². The quantitative estimate of drug-likeness (QED) is 0.158. The molecule has 0 aliphatic heterocycles. The number of pyridine rings is 1. The van der Waals surface area contributed by atoms with Crippen LogP contribution in [0, 0.1) is 5.41 Å². The van der Waals surface area contributed by atoms with Gasteiger partial charge in [-0.25, -0.2) is 9.97 Å². The van der Waals surface area contributed by atoms with Crippen molar-refractivity contribution in [1.82, 2.24) is 14.5 Å². The first-order chi connectivity index (χ1) is 16.8. The van der Waals surface area contributed by atoms with E-state index in [0.29, 0.717) is 29.0 Å². The average Bonchev–Trinajstić information content (AvgIpc) is 3.18. The fourth-order valence-electron chi connectivity index (χ4n) is 3.69. The number of aliphatic carboxylic acids is 1. The molecule has 0 aliphatic rings. The topological polar surface area (TPSA) is 150 Å². The SMILES string of the molecule is Cn1c(CNc2ccc(C(=N)N)cc2)nc2cc(C(=O)N(CCC(=O)O)c3ccccn3)ccc21.[NaH]. The zero-order valence-electron chi connectivity index (χ0n) is 19.1. The van der Waals surface area contributed by atoms with Gasteiger partial charge in [0.2, 0.25) is 0 Å². The number of nitrogens with zero attached hydrogens (tertiary/aromatic N) is 4. The third-order valence-corrected chi connectivity index (χ3v) is 5.59. The maximum absolute atomic E-state index is 13.3. The number of hydrogen-bond donors (Lipinski definition) is 4. The Morgan fingerprint density at radius 1 is 1.11 bits per heavy atom. The van der Waals surface area contributed by atoms with Gasteiger partial charge in [-0.1, -0.05) is 6.07 Å². The zero-order chi connectivity index (χ0) is 24.9. The average molecular weight is 496 g/mol. The minimum absolute atomic E-state index is 0. The molecule has 0 unspecified atom stereocenters. The molecule has 10 nitrogen and oxygen atoms in total. The molecule has 1 amide bonds. The number of aryl methyl sites for hydroxylation is 1. The van der Waals surface area contributed by atoms with Gasteiger partial charge in [-0.15, -0.1) is 0 Å². The van der Waals surface area contributed by atoms with Gasteiger partial charge in [0.1, 0.15) is 17.5 Å². The number of nitrogen functional groups attached to an aromatic ring is 1. The maximum atomic E-state index is 13.3. The van der Waals surface area contributed by atoms with E-state index in [0.717, 1.165) is 17.0 Å². The summed E-state index contributed by atoms with van der Waals surface area (Å²) in [5, 5.41) is 19.9. The van der Waals surface area contributed by atoms with Crippen molar-refractivity contribution < 1.29 is 14.7 Å². The van der Waals surface area contributed by atoms with Crippen LogP contribution in [0.5, 0.6) is 0 Å². The van der Waals surface area contributed by atoms with Crippen molar-refractivity contribution in [2.75, 3.05) is 16.8 Å². The summed E-state index contributed by atoms with van der Waals surface area (Å²) in [4.78, 5) is 34.7. The number of nitrogens with two attached hydrogens (primary N) is 1. The number of fused-ring (bicyclic) bond motifs is 1. The summed E-state index contributed by atoms with van der Waals surface area (Å²) >= 11 is 0. The molecule has 0 saturated carbocycles. The van der Waals surface area contributed by atoms with Crippen LogP contribution in [0.1, 0.15) is 28.2 Å². The van der Waals surface area contributed by atoms with Crippen molar-refractivity contribution in [1.29, 1.82) is 5.41 Å². The van der Waals surface area contributed by atoms with Gasteiger partial charge in [-0.2, -0.15) is 0 Å². The number of imidazole rings is 1. The van der Waals surface area contributed by atoms with Gasteiger partial charge >= 0.3 is 35.5 Å². The molecule has 0 spiro atoms. The Bertz CT molecular complexity index is 1390. The van der Waals surface area contributed by atoms with Gasteiger partial charge in [0.05, 0.1) is 24.0 Å². The fourth-order valence-corrected chi connectivity index (χ4v) is 3.69. The minimum atomic E-state index is -0.994. The van der Waals surface area contributed by atoms with Crippen molar-refractivity contribution in [3.63, 3.8) is 0 Å². The van der Waals surface area contributed by atoms with E-state index in [1.807, 2.05) is 29.8 Å². The van der Waals surface area contributed by atoms with Crippen LogP contribution in [0.3, 0.4) is 0 Å². The van der Waals surface area contributed by atoms with Gasteiger partial charge < -0.3 is 20.7 Å². The normalized spacial score (nSPS) is 10.5. The summed E-state index contributed by atoms with van der Waals surface area (Å²) in [5.41, 5.74) is 8.92. The van der Waals surface area contributed by atoms with Gasteiger partial charge in [-0.05, 0) is 54.6 Å². The molecule has 0 saturated heterocycles. The molecule has 0 bridgehead atoms. The van der Waals surface area contributed by atoms with Gasteiger partial charge in [0.15, 0.2) is 0 Å². The van der Waals surface area contributed by atoms with E-state index in [9.17, 15) is 9.59 Å². The molecule has 5 N–H and O–H groups in total. The van der Waals surface area contributed by atoms with Crippen LogP contribution in [0.4, 0.5) is 11.5 Å². The van der Waals surface area contributed by atoms with Gasteiger partial charge in [0.25, 0.3) is 5.91 Å². The predicted molar refractivity (Wildman–Crippen MR) is 141 cm³/mol. The number of benzene rings is 2. The second-order valence-corrected chi connectivity index (χ2v) is 7.92. The number of amidine groups is 1. The van der Waals surface area contributed by atoms with E-state index in [1.54, 1.807) is 48.7 Å². The Kier molecular flexibility index (Phi) is 8.81. The third-order valence-electron chi connectivity index (χ3n) is 5.59. The molecule has 0 atom stereocenters. The van der Waals surface area contributed by atoms with Crippen molar-refractivity contribution >= 4 is 69.8 Å². The summed E-state index contributed by atoms with van der Waals surface area (Å²) in [7, 11) is 1.90. The molecule has 180 valence electrons. The van der Waals surface area contributed by atoms with Crippen LogP contribution in [-0.4, -0.2) is 73.5 Å². The molecule has 0 radical (unpaired) electrons. The van der Waals surface area contributed by atoms with Crippen LogP contribution in [0.15, 0.2) is 66.9 Å². The number of rotatable bonds is 9. The fraction of sp³-hybridized carbons (Fsp3) is 0.160. The molecule has 0 aliphatic carbocycles. The Hall–Kier alpha value is -3.73. The molecule has 4 rings (SSSR count). The predicted octanol–water partition coefficient (Wildman–Crippen LogP) is 2.34. The second kappa shape index (κ2) is 11.8. The first-order valence-corrected chi connectivity index (χ1v) is 10.9. The molecule has 2 aromatic carbocycles. The molecule has 36 heavy (non-hydrogen) atoms. The second-order valence-electron chi connectivity index (χ2n) is 7.92. The number of anilines is 2. The van der Waals surface area contributed by atoms with Crippen molar-refractivity contribution in [2.24, 2.45) is 12.8 Å². The molecule has 2 heterocycles. The van der Waals surface area contributed by atoms with Crippen LogP contribution < -0.4 is 16.0 Å². The standard InChI is InChI=1S/C25H25N7O3.Na.H/c1-31-20-10-7-17(25(35)32(13-11-23(33)34)21-4-2-3-12-28-21)14-19(20)30-22(31)15-29-18-8-5-16(6-9-18)24(26)27;;/h2-10,12,14,29H,11,13,15H2,1H3,(H3,26,27)(H,33,34);;. The number of hydrogen-bond acceptors (Lipinski definition) is 6. The molecule has 11 heteroatoms. The monoisotopic (exact) mass is 495 g/mol. The Balaban J connectivity index is 0.00000361. The van der Waals surface area contributed by atoms with E-state index < -0.39 is 5.97 Å². The number of nitrogens with one attached hydrogen (secondary N) is 2. The van der Waals surface area contributed by atoms with Crippen molar-refractivity contribution in [3.05, 3.63) is 83.8 Å². The van der Waals surface area contributed by atoms with Crippen molar-refractivity contribution in [3.8, 4) is 0 Å². The van der Waals surface area contributed by atoms with Crippen LogP contribution in [0.2, 0.25) is 0 Å². The molecular weight excluding hydrogens is 469 g/mol. The Morgan fingerprint density at radius 3 is 2.47 bits per heavy atom. The van der Waals surface area contributed by atoms with E-state index in [2.05, 4.69) is 15.3 Å². The number of aromatic nitrogens is 3. The number of carbonyl (C=O) groups excluding carboxylic acids is 1. The molecule has 2 aromatic heterocycles. The summed E-state index contributed by atoms with van der Waals surface area (Å²) in [6.45, 7) is 0.454. The molecule has 0 fully saturated rings. The summed E-state index contributed by atoms with van der Waals surface area (Å²) in [5.74, 6) is -0.162. The molecule has 4 aromatic rings. The van der Waals surface area contributed by atoms with E-state index in [-0.39, 0.29) is 54.3 Å². The van der Waals surface area contributed by atoms with Crippen LogP contribution >= 0.6 is 0 Å². The van der Waals surface area contributed by atoms with Gasteiger partial charge in [0, 0.05) is 36.6 Å². The summed E-state index contributed by atoms with van der Waals surface area (Å²) in [6.07, 6.45) is 1.36. The van der Waals surface area contributed by atoms with E-state index in [4.69, 9.17) is 16.2 Å². The summed E-state index contributed by atoms with van der Waals surface area (Å²) < 4.78 is 1.95. The zero-order valence-corrected chi connectivity index (χ0v) is 19.1. The van der Waals surface area contributed by atoms with E-state index in [1.165, 1.54) is 4.90 Å². The number of amides is 1. The third kappa shape index (κ3) is 6.09. The van der Waals surface area contributed by atoms with Crippen molar-refractivity contribution in [2.45, 2.75) is 13.0 Å². The Labute approximate surface area is 230 Å². The summed E-state index contributed by atoms with van der Waals surface area (Å²) in [6, 6.07) is 17.6. The molecular formula is C25H26N7NaO3. The first-order valence-electron chi connectivity index (χ1n) is 10.9. The van der Waals surface area contributed by atoms with Gasteiger partial charge in [-0.3, -0.25) is 19.9 Å². The van der Waals surface area contributed by atoms with Crippen LogP contribution in [-0.2, 0) is 18.4 Å². The first kappa shape index (κ1) is 26.9. The Morgan fingerprint density at radius 2 is 1.83 bits per heavy atom. The van der Waals surface area contributed by atoms with Crippen LogP contribution in [0.25, 0.3) is 11.0 Å². The number of carboxylic acid groups (broad SMARTS) is 1. The number of carboxylic acids is 1. The number of carbonyl (C=O) groups is 2.